The third kappa shape index (κ3) is 7.90. The molecule has 0 aliphatic carbocycles. The number of hydrogen-bond acceptors (Lipinski definition) is 5. The van der Waals surface area contributed by atoms with Gasteiger partial charge in [-0.1, -0.05) is 12.1 Å². The zero-order chi connectivity index (χ0) is 22.0. The molecule has 0 atom stereocenters. The van der Waals surface area contributed by atoms with E-state index in [0.29, 0.717) is 42.8 Å². The number of aliphatic imine (C=N–C) groups is 1. The molecule has 0 aliphatic rings. The van der Waals surface area contributed by atoms with Crippen LogP contribution >= 0.6 is 11.3 Å². The summed E-state index contributed by atoms with van der Waals surface area (Å²) in [6, 6.07) is 7.29. The maximum absolute atomic E-state index is 12.6. The van der Waals surface area contributed by atoms with E-state index in [0.717, 1.165) is 22.3 Å². The van der Waals surface area contributed by atoms with E-state index in [1.807, 2.05) is 25.1 Å². The van der Waals surface area contributed by atoms with Crippen LogP contribution in [0.25, 0.3) is 0 Å². The predicted octanol–water partition coefficient (Wildman–Crippen LogP) is 2.58. The molecule has 2 rings (SSSR count). The summed E-state index contributed by atoms with van der Waals surface area (Å²) in [7, 11) is 1.60. The average molecular weight is 443 g/mol. The Labute approximate surface area is 176 Å². The zero-order valence-electron chi connectivity index (χ0n) is 16.7. The molecule has 3 N–H and O–H groups in total. The van der Waals surface area contributed by atoms with Crippen molar-refractivity contribution in [2.45, 2.75) is 26.1 Å². The van der Waals surface area contributed by atoms with Crippen LogP contribution in [-0.4, -0.2) is 43.6 Å². The SMILES string of the molecule is CCNC(=O)COc1cccc(CNC(=NC)NCCc2nc(C(F)(F)F)cs2)c1. The van der Waals surface area contributed by atoms with Crippen molar-refractivity contribution in [1.82, 2.24) is 20.9 Å². The lowest BCUT2D eigenvalue weighted by Crippen LogP contribution is -2.37. The highest BCUT2D eigenvalue weighted by atomic mass is 32.1. The molecule has 11 heteroatoms. The maximum Gasteiger partial charge on any atom is 0.434 e. The minimum Gasteiger partial charge on any atom is -0.484 e. The fourth-order valence-electron chi connectivity index (χ4n) is 2.39. The van der Waals surface area contributed by atoms with Crippen molar-refractivity contribution in [3.8, 4) is 5.75 Å². The number of nitrogens with zero attached hydrogens (tertiary/aromatic N) is 2. The van der Waals surface area contributed by atoms with Crippen molar-refractivity contribution in [3.63, 3.8) is 0 Å². The van der Waals surface area contributed by atoms with E-state index in [1.54, 1.807) is 13.1 Å². The Balaban J connectivity index is 1.78. The second-order valence-electron chi connectivity index (χ2n) is 6.12. The topological polar surface area (TPSA) is 87.6 Å². The highest BCUT2D eigenvalue weighted by Crippen LogP contribution is 2.29. The quantitative estimate of drug-likeness (QED) is 0.410. The van der Waals surface area contributed by atoms with Gasteiger partial charge in [-0.25, -0.2) is 4.98 Å². The average Bonchev–Trinajstić information content (AvgIpc) is 3.19. The molecular weight excluding hydrogens is 419 g/mol. The van der Waals surface area contributed by atoms with Gasteiger partial charge < -0.3 is 20.7 Å². The Bertz CT molecular complexity index is 855. The van der Waals surface area contributed by atoms with E-state index in [-0.39, 0.29) is 12.5 Å². The van der Waals surface area contributed by atoms with Gasteiger partial charge in [0.2, 0.25) is 0 Å². The first kappa shape index (κ1) is 23.5. The number of halogens is 3. The predicted molar refractivity (Wildman–Crippen MR) is 110 cm³/mol. The van der Waals surface area contributed by atoms with Crippen LogP contribution in [-0.2, 0) is 23.9 Å². The maximum atomic E-state index is 12.6. The fourth-order valence-corrected chi connectivity index (χ4v) is 3.20. The van der Waals surface area contributed by atoms with Gasteiger partial charge in [-0.2, -0.15) is 13.2 Å². The van der Waals surface area contributed by atoms with Crippen molar-refractivity contribution >= 4 is 23.2 Å². The number of amides is 1. The number of benzene rings is 1. The van der Waals surface area contributed by atoms with E-state index >= 15 is 0 Å². The minimum absolute atomic E-state index is 0.0548. The van der Waals surface area contributed by atoms with Crippen LogP contribution < -0.4 is 20.7 Å². The van der Waals surface area contributed by atoms with Gasteiger partial charge in [-0.3, -0.25) is 9.79 Å². The van der Waals surface area contributed by atoms with Gasteiger partial charge in [-0.15, -0.1) is 11.3 Å². The first-order valence-corrected chi connectivity index (χ1v) is 10.1. The van der Waals surface area contributed by atoms with Crippen LogP contribution in [0.5, 0.6) is 5.75 Å². The molecule has 0 bridgehead atoms. The van der Waals surface area contributed by atoms with Crippen LogP contribution in [0, 0.1) is 0 Å². The van der Waals surface area contributed by atoms with Crippen molar-refractivity contribution in [3.05, 3.63) is 45.9 Å². The number of ether oxygens (including phenoxy) is 1. The van der Waals surface area contributed by atoms with Gasteiger partial charge >= 0.3 is 6.18 Å². The lowest BCUT2D eigenvalue weighted by molar-refractivity contribution is -0.140. The molecule has 30 heavy (non-hydrogen) atoms. The van der Waals surface area contributed by atoms with Crippen molar-refractivity contribution < 1.29 is 22.7 Å². The molecule has 0 radical (unpaired) electrons. The zero-order valence-corrected chi connectivity index (χ0v) is 17.5. The summed E-state index contributed by atoms with van der Waals surface area (Å²) in [4.78, 5) is 19.2. The standard InChI is InChI=1S/C19H24F3N5O2S/c1-3-24-16(28)11-29-14-6-4-5-13(9-14)10-26-18(23-2)25-8-7-17-27-15(12-30-17)19(20,21)22/h4-6,9,12H,3,7-8,10-11H2,1-2H3,(H,24,28)(H2,23,25,26). The van der Waals surface area contributed by atoms with Gasteiger partial charge in [0.15, 0.2) is 18.3 Å². The van der Waals surface area contributed by atoms with Crippen LogP contribution in [0.15, 0.2) is 34.6 Å². The summed E-state index contributed by atoms with van der Waals surface area (Å²) in [5.41, 5.74) is 0.0559. The molecule has 0 spiro atoms. The highest BCUT2D eigenvalue weighted by Gasteiger charge is 2.33. The Morgan fingerprint density at radius 2 is 2.07 bits per heavy atom. The van der Waals surface area contributed by atoms with Crippen molar-refractivity contribution in [2.24, 2.45) is 4.99 Å². The molecule has 7 nitrogen and oxygen atoms in total. The second kappa shape index (κ2) is 11.4. The van der Waals surface area contributed by atoms with Crippen LogP contribution in [0.3, 0.4) is 0 Å². The molecule has 0 saturated carbocycles. The molecule has 1 aromatic carbocycles. The number of aromatic nitrogens is 1. The largest absolute Gasteiger partial charge is 0.484 e. The summed E-state index contributed by atoms with van der Waals surface area (Å²) in [6.07, 6.45) is -4.07. The molecule has 164 valence electrons. The first-order valence-electron chi connectivity index (χ1n) is 9.26. The van der Waals surface area contributed by atoms with Gasteiger partial charge in [0.25, 0.3) is 5.91 Å². The summed E-state index contributed by atoms with van der Waals surface area (Å²) >= 11 is 0.983. The number of alkyl halides is 3. The highest BCUT2D eigenvalue weighted by molar-refractivity contribution is 7.09. The minimum atomic E-state index is -4.42. The number of thiazole rings is 1. The van der Waals surface area contributed by atoms with Crippen molar-refractivity contribution in [1.29, 1.82) is 0 Å². The third-order valence-electron chi connectivity index (χ3n) is 3.80. The van der Waals surface area contributed by atoms with Gasteiger partial charge in [0.1, 0.15) is 5.75 Å². The molecule has 1 heterocycles. The lowest BCUT2D eigenvalue weighted by Gasteiger charge is -2.12. The van der Waals surface area contributed by atoms with Crippen LogP contribution in [0.1, 0.15) is 23.2 Å². The van der Waals surface area contributed by atoms with E-state index in [1.165, 1.54) is 0 Å². The van der Waals surface area contributed by atoms with Crippen LogP contribution in [0.4, 0.5) is 13.2 Å². The molecule has 1 aromatic heterocycles. The molecule has 0 unspecified atom stereocenters. The normalized spacial score (nSPS) is 11.8. The van der Waals surface area contributed by atoms with Gasteiger partial charge in [0, 0.05) is 38.5 Å². The summed E-state index contributed by atoms with van der Waals surface area (Å²) in [6.45, 7) is 3.17. The monoisotopic (exact) mass is 443 g/mol. The van der Waals surface area contributed by atoms with E-state index in [4.69, 9.17) is 4.74 Å². The first-order chi connectivity index (χ1) is 14.3. The van der Waals surface area contributed by atoms with E-state index in [2.05, 4.69) is 25.9 Å². The smallest absolute Gasteiger partial charge is 0.434 e. The molecule has 0 fully saturated rings. The Hall–Kier alpha value is -2.82. The molecule has 2 aromatic rings. The Kier molecular flexibility index (Phi) is 8.90. The number of carbonyl (C=O) groups is 1. The Morgan fingerprint density at radius 3 is 2.73 bits per heavy atom. The number of likely N-dealkylation sites (N-methyl/N-ethyl adjacent to an activating group) is 1. The number of guanidine groups is 1. The second-order valence-corrected chi connectivity index (χ2v) is 7.06. The molecular formula is C19H24F3N5O2S. The van der Waals surface area contributed by atoms with Gasteiger partial charge in [0.05, 0.1) is 5.01 Å². The third-order valence-corrected chi connectivity index (χ3v) is 4.71. The summed E-state index contributed by atoms with van der Waals surface area (Å²) < 4.78 is 43.2. The molecule has 1 amide bonds. The number of carbonyl (C=O) groups excluding carboxylic acids is 1. The summed E-state index contributed by atoms with van der Waals surface area (Å²) in [5.74, 6) is 0.900. The number of rotatable bonds is 9. The number of hydrogen-bond donors (Lipinski definition) is 3. The van der Waals surface area contributed by atoms with E-state index < -0.39 is 11.9 Å². The van der Waals surface area contributed by atoms with Crippen LogP contribution in [0.2, 0.25) is 0 Å². The number of nitrogens with one attached hydrogen (secondary N) is 3. The molecule has 0 aliphatic heterocycles. The van der Waals surface area contributed by atoms with Gasteiger partial charge in [-0.05, 0) is 24.6 Å². The fraction of sp³-hybridized carbons (Fsp3) is 0.421. The van der Waals surface area contributed by atoms with E-state index in [9.17, 15) is 18.0 Å². The lowest BCUT2D eigenvalue weighted by atomic mass is 10.2. The van der Waals surface area contributed by atoms with Crippen molar-refractivity contribution in [2.75, 3.05) is 26.7 Å². The summed E-state index contributed by atoms with van der Waals surface area (Å²) in [5, 5.41) is 10.2. The molecule has 0 saturated heterocycles. The Morgan fingerprint density at radius 1 is 1.27 bits per heavy atom.